The topological polar surface area (TPSA) is 80.3 Å². The van der Waals surface area contributed by atoms with Gasteiger partial charge in [-0.15, -0.1) is 0 Å². The fourth-order valence-electron chi connectivity index (χ4n) is 4.57. The second-order valence-corrected chi connectivity index (χ2v) is 8.14. The Morgan fingerprint density at radius 3 is 2.59 bits per heavy atom. The summed E-state index contributed by atoms with van der Waals surface area (Å²) in [6, 6.07) is 6.49. The van der Waals surface area contributed by atoms with Gasteiger partial charge in [-0.05, 0) is 43.3 Å². The molecule has 2 N–H and O–H groups in total. The van der Waals surface area contributed by atoms with Crippen LogP contribution in [0.2, 0.25) is 0 Å². The van der Waals surface area contributed by atoms with Gasteiger partial charge in [-0.3, -0.25) is 4.90 Å². The third kappa shape index (κ3) is 3.33. The van der Waals surface area contributed by atoms with Gasteiger partial charge in [0.2, 0.25) is 0 Å². The summed E-state index contributed by atoms with van der Waals surface area (Å²) in [6.45, 7) is 2.09. The highest BCUT2D eigenvalue weighted by Crippen LogP contribution is 2.38. The molecule has 0 aliphatic carbocycles. The predicted octanol–water partition coefficient (Wildman–Crippen LogP) is 4.64. The van der Waals surface area contributed by atoms with Crippen molar-refractivity contribution in [3.63, 3.8) is 0 Å². The molecule has 7 nitrogen and oxygen atoms in total. The summed E-state index contributed by atoms with van der Waals surface area (Å²) in [6.07, 6.45) is 3.06. The van der Waals surface area contributed by atoms with Gasteiger partial charge in [0.05, 0.1) is 18.0 Å². The number of halogens is 3. The van der Waals surface area contributed by atoms with Crippen molar-refractivity contribution in [1.82, 2.24) is 19.4 Å². The van der Waals surface area contributed by atoms with Crippen molar-refractivity contribution in [3.05, 3.63) is 71.9 Å². The van der Waals surface area contributed by atoms with Crippen molar-refractivity contribution in [2.75, 3.05) is 23.7 Å². The van der Waals surface area contributed by atoms with E-state index in [1.807, 2.05) is 0 Å². The average Bonchev–Trinajstić information content (AvgIpc) is 3.33. The van der Waals surface area contributed by atoms with E-state index in [0.29, 0.717) is 22.3 Å². The van der Waals surface area contributed by atoms with Crippen LogP contribution in [0.3, 0.4) is 0 Å². The number of nitrogens with zero attached hydrogens (tertiary/aromatic N) is 5. The number of hydrogen-bond donors (Lipinski definition) is 1. The van der Waals surface area contributed by atoms with Gasteiger partial charge in [0, 0.05) is 42.2 Å². The molecule has 0 saturated carbocycles. The third-order valence-electron chi connectivity index (χ3n) is 6.20. The van der Waals surface area contributed by atoms with E-state index in [0.717, 1.165) is 18.2 Å². The van der Waals surface area contributed by atoms with E-state index in [2.05, 4.69) is 9.97 Å². The Kier molecular flexibility index (Phi) is 5.15. The van der Waals surface area contributed by atoms with Gasteiger partial charge in [-0.25, -0.2) is 27.9 Å². The lowest BCUT2D eigenvalue weighted by Gasteiger charge is -2.22. The highest BCUT2D eigenvalue weighted by molar-refractivity contribution is 6.01. The summed E-state index contributed by atoms with van der Waals surface area (Å²) in [4.78, 5) is 24.1. The van der Waals surface area contributed by atoms with Crippen molar-refractivity contribution in [1.29, 1.82) is 0 Å². The minimum Gasteiger partial charge on any atom is -0.383 e. The Labute approximate surface area is 193 Å². The molecular formula is C24H21F3N6O. The summed E-state index contributed by atoms with van der Waals surface area (Å²) in [7, 11) is 1.78. The largest absolute Gasteiger partial charge is 0.383 e. The molecule has 4 aromatic rings. The van der Waals surface area contributed by atoms with E-state index in [-0.39, 0.29) is 30.0 Å². The van der Waals surface area contributed by atoms with Crippen LogP contribution >= 0.6 is 0 Å². The number of urea groups is 1. The maximum atomic E-state index is 15.3. The molecule has 2 aromatic heterocycles. The Bertz CT molecular complexity index is 1440. The molecule has 1 atom stereocenters. The summed E-state index contributed by atoms with van der Waals surface area (Å²) < 4.78 is 45.3. The first-order chi connectivity index (χ1) is 16.3. The SMILES string of the molecule is CCN1C(=O)N(c2ccc(-c3cn(C)c4ncnc(N)c34)c(F)c2)CC1c1cc(F)ccc1F. The summed E-state index contributed by atoms with van der Waals surface area (Å²) in [5, 5.41) is 0.535. The van der Waals surface area contributed by atoms with Crippen LogP contribution in [0.1, 0.15) is 18.5 Å². The maximum absolute atomic E-state index is 15.3. The number of hydrogen-bond acceptors (Lipinski definition) is 4. The molecule has 1 fully saturated rings. The second kappa shape index (κ2) is 8.05. The predicted molar refractivity (Wildman–Crippen MR) is 123 cm³/mol. The number of anilines is 2. The van der Waals surface area contributed by atoms with E-state index >= 15 is 4.39 Å². The van der Waals surface area contributed by atoms with Crippen molar-refractivity contribution >= 4 is 28.6 Å². The van der Waals surface area contributed by atoms with Gasteiger partial charge in [-0.2, -0.15) is 0 Å². The van der Waals surface area contributed by atoms with E-state index in [4.69, 9.17) is 5.73 Å². The monoisotopic (exact) mass is 466 g/mol. The first-order valence-corrected chi connectivity index (χ1v) is 10.7. The molecule has 0 spiro atoms. The van der Waals surface area contributed by atoms with Gasteiger partial charge in [0.1, 0.15) is 35.2 Å². The van der Waals surface area contributed by atoms with Crippen LogP contribution in [0.15, 0.2) is 48.9 Å². The molecule has 34 heavy (non-hydrogen) atoms. The summed E-state index contributed by atoms with van der Waals surface area (Å²) >= 11 is 0. The molecule has 5 rings (SSSR count). The maximum Gasteiger partial charge on any atom is 0.325 e. The number of rotatable bonds is 4. The zero-order chi connectivity index (χ0) is 24.1. The number of benzene rings is 2. The fraction of sp³-hybridized carbons (Fsp3) is 0.208. The van der Waals surface area contributed by atoms with Gasteiger partial charge in [0.25, 0.3) is 0 Å². The van der Waals surface area contributed by atoms with Crippen molar-refractivity contribution in [2.24, 2.45) is 7.05 Å². The van der Waals surface area contributed by atoms with Crippen LogP contribution in [-0.4, -0.2) is 38.6 Å². The molecule has 174 valence electrons. The quantitative estimate of drug-likeness (QED) is 0.475. The molecule has 2 amide bonds. The van der Waals surface area contributed by atoms with E-state index in [1.165, 1.54) is 22.2 Å². The number of amides is 2. The number of fused-ring (bicyclic) bond motifs is 1. The molecule has 0 bridgehead atoms. The Morgan fingerprint density at radius 1 is 1.06 bits per heavy atom. The van der Waals surface area contributed by atoms with Gasteiger partial charge in [-0.1, -0.05) is 0 Å². The van der Waals surface area contributed by atoms with Crippen molar-refractivity contribution in [2.45, 2.75) is 13.0 Å². The summed E-state index contributed by atoms with van der Waals surface area (Å²) in [5.41, 5.74) is 7.80. The Morgan fingerprint density at radius 2 is 1.85 bits per heavy atom. The number of nitrogen functional groups attached to an aromatic ring is 1. The standard InChI is InChI=1S/C24H21F3N6O/c1-3-32-20(16-8-13(25)4-7-18(16)26)11-33(24(32)34)14-5-6-15(19(27)9-14)17-10-31(2)23-21(17)22(28)29-12-30-23/h4-10,12,20H,3,11H2,1-2H3,(H2,28,29,30). The molecule has 0 radical (unpaired) electrons. The highest BCUT2D eigenvalue weighted by Gasteiger charge is 2.39. The number of aromatic nitrogens is 3. The average molecular weight is 466 g/mol. The van der Waals surface area contributed by atoms with Crippen molar-refractivity contribution < 1.29 is 18.0 Å². The lowest BCUT2D eigenvalue weighted by atomic mass is 10.0. The molecule has 1 aliphatic rings. The van der Waals surface area contributed by atoms with Crippen molar-refractivity contribution in [3.8, 4) is 11.1 Å². The number of aryl methyl sites for hydroxylation is 1. The summed E-state index contributed by atoms with van der Waals surface area (Å²) in [5.74, 6) is -1.52. The van der Waals surface area contributed by atoms with Crippen LogP contribution in [0.4, 0.5) is 29.5 Å². The Hall–Kier alpha value is -4.08. The van der Waals surface area contributed by atoms with E-state index in [9.17, 15) is 13.6 Å². The number of nitrogens with two attached hydrogens (primary N) is 1. The zero-order valence-corrected chi connectivity index (χ0v) is 18.5. The lowest BCUT2D eigenvalue weighted by Crippen LogP contribution is -2.32. The van der Waals surface area contributed by atoms with Crippen LogP contribution < -0.4 is 10.6 Å². The normalized spacial score (nSPS) is 16.1. The second-order valence-electron chi connectivity index (χ2n) is 8.14. The molecule has 3 heterocycles. The minimum atomic E-state index is -0.703. The number of likely N-dealkylation sites (N-methyl/N-ethyl adjacent to an activating group) is 1. The molecular weight excluding hydrogens is 445 g/mol. The highest BCUT2D eigenvalue weighted by atomic mass is 19.1. The van der Waals surface area contributed by atoms with Gasteiger partial charge < -0.3 is 15.2 Å². The number of carbonyl (C=O) groups is 1. The molecule has 1 saturated heterocycles. The van der Waals surface area contributed by atoms with Gasteiger partial charge >= 0.3 is 6.03 Å². The lowest BCUT2D eigenvalue weighted by molar-refractivity contribution is 0.208. The van der Waals surface area contributed by atoms with E-state index in [1.54, 1.807) is 36.9 Å². The first-order valence-electron chi connectivity index (χ1n) is 10.7. The molecule has 2 aromatic carbocycles. The van der Waals surface area contributed by atoms with Crippen LogP contribution in [0.5, 0.6) is 0 Å². The van der Waals surface area contributed by atoms with Crippen LogP contribution in [0, 0.1) is 17.5 Å². The number of carbonyl (C=O) groups excluding carboxylic acids is 1. The molecule has 1 aliphatic heterocycles. The molecule has 1 unspecified atom stereocenters. The zero-order valence-electron chi connectivity index (χ0n) is 18.5. The van der Waals surface area contributed by atoms with Crippen LogP contribution in [-0.2, 0) is 7.05 Å². The van der Waals surface area contributed by atoms with Crippen LogP contribution in [0.25, 0.3) is 22.2 Å². The first kappa shape index (κ1) is 21.7. The Balaban J connectivity index is 1.53. The molecule has 10 heteroatoms. The van der Waals surface area contributed by atoms with Gasteiger partial charge in [0.15, 0.2) is 0 Å². The smallest absolute Gasteiger partial charge is 0.325 e. The van der Waals surface area contributed by atoms with E-state index < -0.39 is 29.5 Å². The minimum absolute atomic E-state index is 0.0564. The third-order valence-corrected chi connectivity index (χ3v) is 6.20. The fourth-order valence-corrected chi connectivity index (χ4v) is 4.57.